The predicted octanol–water partition coefficient (Wildman–Crippen LogP) is 2.51. The average Bonchev–Trinajstić information content (AvgIpc) is 2.98. The lowest BCUT2D eigenvalue weighted by Gasteiger charge is -2.20. The van der Waals surface area contributed by atoms with Crippen LogP contribution in [0.15, 0.2) is 11.4 Å². The van der Waals surface area contributed by atoms with Crippen LogP contribution in [0.5, 0.6) is 0 Å². The minimum atomic E-state index is 0.0618. The molecule has 2 heterocycles. The third-order valence-corrected chi connectivity index (χ3v) is 4.79. The normalized spacial score (nSPS) is 20.6. The molecule has 0 radical (unpaired) electrons. The summed E-state index contributed by atoms with van der Waals surface area (Å²) in [4.78, 5) is 15.0. The summed E-state index contributed by atoms with van der Waals surface area (Å²) in [7, 11) is 0. The Morgan fingerprint density at radius 3 is 3.05 bits per heavy atom. The number of nitrogens with one attached hydrogen (secondary N) is 2. The van der Waals surface area contributed by atoms with E-state index in [0.717, 1.165) is 19.5 Å². The number of urea groups is 1. The van der Waals surface area contributed by atoms with E-state index in [4.69, 9.17) is 0 Å². The molecule has 0 bridgehead atoms. The van der Waals surface area contributed by atoms with E-state index in [1.165, 1.54) is 10.4 Å². The molecule has 0 aliphatic carbocycles. The maximum Gasteiger partial charge on any atom is 0.317 e. The van der Waals surface area contributed by atoms with Crippen molar-refractivity contribution in [2.24, 2.45) is 0 Å². The molecule has 2 rings (SSSR count). The maximum absolute atomic E-state index is 11.7. The lowest BCUT2D eigenvalue weighted by atomic mass is 10.1. The van der Waals surface area contributed by atoms with Crippen molar-refractivity contribution in [3.63, 3.8) is 0 Å². The van der Waals surface area contributed by atoms with Crippen molar-refractivity contribution < 1.29 is 4.79 Å². The van der Waals surface area contributed by atoms with Crippen LogP contribution < -0.4 is 10.6 Å². The van der Waals surface area contributed by atoms with Crippen molar-refractivity contribution in [1.82, 2.24) is 15.5 Å². The smallest absolute Gasteiger partial charge is 0.317 e. The Morgan fingerprint density at radius 1 is 1.63 bits per heavy atom. The van der Waals surface area contributed by atoms with Crippen LogP contribution in [0.2, 0.25) is 0 Å². The number of thiophene rings is 1. The Hall–Kier alpha value is -1.07. The van der Waals surface area contributed by atoms with Gasteiger partial charge in [0.1, 0.15) is 0 Å². The molecule has 1 aliphatic rings. The Kier molecular flexibility index (Phi) is 4.82. The lowest BCUT2D eigenvalue weighted by molar-refractivity contribution is 0.208. The SMILES string of the molecule is CCNC(=O)N1CC[C@@H](N[C@@H](C)c2sccc2C)C1. The van der Waals surface area contributed by atoms with Gasteiger partial charge in [-0.1, -0.05) is 0 Å². The van der Waals surface area contributed by atoms with Crippen LogP contribution in [0, 0.1) is 6.92 Å². The number of hydrogen-bond donors (Lipinski definition) is 2. The average molecular weight is 281 g/mol. The number of hydrogen-bond acceptors (Lipinski definition) is 3. The van der Waals surface area contributed by atoms with Crippen LogP contribution in [-0.4, -0.2) is 36.6 Å². The molecule has 0 spiro atoms. The number of likely N-dealkylation sites (tertiary alicyclic amines) is 1. The van der Waals surface area contributed by atoms with E-state index in [0.29, 0.717) is 18.6 Å². The molecule has 2 N–H and O–H groups in total. The van der Waals surface area contributed by atoms with Gasteiger partial charge in [0.2, 0.25) is 0 Å². The zero-order valence-corrected chi connectivity index (χ0v) is 12.7. The van der Waals surface area contributed by atoms with Gasteiger partial charge in [-0.15, -0.1) is 11.3 Å². The van der Waals surface area contributed by atoms with Gasteiger partial charge in [-0.25, -0.2) is 4.79 Å². The second-order valence-corrected chi connectivity index (χ2v) is 6.07. The first-order valence-corrected chi connectivity index (χ1v) is 7.82. The van der Waals surface area contributed by atoms with Gasteiger partial charge < -0.3 is 15.5 Å². The molecular formula is C14H23N3OS. The quantitative estimate of drug-likeness (QED) is 0.890. The standard InChI is InChI=1S/C14H23N3OS/c1-4-15-14(18)17-7-5-12(9-17)16-11(3)13-10(2)6-8-19-13/h6,8,11-12,16H,4-5,7,9H2,1-3H3,(H,15,18)/t11-,12+/m0/s1. The van der Waals surface area contributed by atoms with Crippen molar-refractivity contribution in [2.45, 2.75) is 39.3 Å². The molecule has 2 atom stereocenters. The number of nitrogens with zero attached hydrogens (tertiary/aromatic N) is 1. The molecule has 1 saturated heterocycles. The number of amides is 2. The van der Waals surface area contributed by atoms with E-state index >= 15 is 0 Å². The molecule has 1 aromatic heterocycles. The summed E-state index contributed by atoms with van der Waals surface area (Å²) in [5.41, 5.74) is 1.35. The van der Waals surface area contributed by atoms with Crippen LogP contribution in [0.25, 0.3) is 0 Å². The van der Waals surface area contributed by atoms with Crippen LogP contribution in [-0.2, 0) is 0 Å². The van der Waals surface area contributed by atoms with E-state index in [1.54, 1.807) is 11.3 Å². The van der Waals surface area contributed by atoms with E-state index in [1.807, 2.05) is 11.8 Å². The molecule has 19 heavy (non-hydrogen) atoms. The van der Waals surface area contributed by atoms with E-state index in [9.17, 15) is 4.79 Å². The molecular weight excluding hydrogens is 258 g/mol. The second kappa shape index (κ2) is 6.39. The maximum atomic E-state index is 11.7. The first kappa shape index (κ1) is 14.3. The van der Waals surface area contributed by atoms with Gasteiger partial charge >= 0.3 is 6.03 Å². The molecule has 2 amide bonds. The van der Waals surface area contributed by atoms with Crippen molar-refractivity contribution in [3.05, 3.63) is 21.9 Å². The van der Waals surface area contributed by atoms with Crippen LogP contribution in [0.3, 0.4) is 0 Å². The highest BCUT2D eigenvalue weighted by Gasteiger charge is 2.27. The van der Waals surface area contributed by atoms with E-state index in [2.05, 4.69) is 35.9 Å². The topological polar surface area (TPSA) is 44.4 Å². The number of aryl methyl sites for hydroxylation is 1. The molecule has 1 aliphatic heterocycles. The van der Waals surface area contributed by atoms with Crippen molar-refractivity contribution in [3.8, 4) is 0 Å². The Bertz CT molecular complexity index is 432. The summed E-state index contributed by atoms with van der Waals surface area (Å²) in [6.45, 7) is 8.65. The fraction of sp³-hybridized carbons (Fsp3) is 0.643. The van der Waals surface area contributed by atoms with Gasteiger partial charge in [0, 0.05) is 36.6 Å². The number of carbonyl (C=O) groups is 1. The fourth-order valence-corrected chi connectivity index (χ4v) is 3.55. The van der Waals surface area contributed by atoms with Gasteiger partial charge in [0.25, 0.3) is 0 Å². The minimum absolute atomic E-state index is 0.0618. The molecule has 0 saturated carbocycles. The molecule has 5 heteroatoms. The van der Waals surface area contributed by atoms with E-state index < -0.39 is 0 Å². The number of rotatable bonds is 4. The van der Waals surface area contributed by atoms with Gasteiger partial charge in [0.05, 0.1) is 0 Å². The zero-order valence-electron chi connectivity index (χ0n) is 11.9. The monoisotopic (exact) mass is 281 g/mol. The largest absolute Gasteiger partial charge is 0.338 e. The molecule has 1 aromatic rings. The summed E-state index contributed by atoms with van der Waals surface area (Å²) < 4.78 is 0. The molecule has 0 aromatic carbocycles. The number of carbonyl (C=O) groups excluding carboxylic acids is 1. The molecule has 4 nitrogen and oxygen atoms in total. The highest BCUT2D eigenvalue weighted by Crippen LogP contribution is 2.24. The van der Waals surface area contributed by atoms with Crippen LogP contribution in [0.4, 0.5) is 4.79 Å². The summed E-state index contributed by atoms with van der Waals surface area (Å²) in [5.74, 6) is 0. The van der Waals surface area contributed by atoms with Gasteiger partial charge in [-0.3, -0.25) is 0 Å². The summed E-state index contributed by atoms with van der Waals surface area (Å²) in [5, 5.41) is 8.63. The van der Waals surface area contributed by atoms with Crippen molar-refractivity contribution >= 4 is 17.4 Å². The third kappa shape index (κ3) is 3.48. The highest BCUT2D eigenvalue weighted by molar-refractivity contribution is 7.10. The van der Waals surface area contributed by atoms with Crippen molar-refractivity contribution in [2.75, 3.05) is 19.6 Å². The molecule has 106 valence electrons. The highest BCUT2D eigenvalue weighted by atomic mass is 32.1. The van der Waals surface area contributed by atoms with Gasteiger partial charge in [-0.05, 0) is 44.2 Å². The Labute approximate surface area is 119 Å². The zero-order chi connectivity index (χ0) is 13.8. The fourth-order valence-electron chi connectivity index (χ4n) is 2.60. The summed E-state index contributed by atoms with van der Waals surface area (Å²) >= 11 is 1.80. The molecule has 1 fully saturated rings. The Balaban J connectivity index is 1.85. The van der Waals surface area contributed by atoms with E-state index in [-0.39, 0.29) is 6.03 Å². The van der Waals surface area contributed by atoms with Gasteiger partial charge in [-0.2, -0.15) is 0 Å². The minimum Gasteiger partial charge on any atom is -0.338 e. The lowest BCUT2D eigenvalue weighted by Crippen LogP contribution is -2.41. The van der Waals surface area contributed by atoms with Gasteiger partial charge in [0.15, 0.2) is 0 Å². The van der Waals surface area contributed by atoms with Crippen molar-refractivity contribution in [1.29, 1.82) is 0 Å². The molecule has 0 unspecified atom stereocenters. The first-order chi connectivity index (χ1) is 9.11. The first-order valence-electron chi connectivity index (χ1n) is 6.94. The summed E-state index contributed by atoms with van der Waals surface area (Å²) in [6, 6.07) is 2.98. The third-order valence-electron chi connectivity index (χ3n) is 3.58. The summed E-state index contributed by atoms with van der Waals surface area (Å²) in [6.07, 6.45) is 1.03. The second-order valence-electron chi connectivity index (χ2n) is 5.12. The Morgan fingerprint density at radius 2 is 2.42 bits per heavy atom. The van der Waals surface area contributed by atoms with Crippen LogP contribution in [0.1, 0.15) is 36.8 Å². The van der Waals surface area contributed by atoms with Crippen LogP contribution >= 0.6 is 11.3 Å². The predicted molar refractivity (Wildman–Crippen MR) is 79.7 cm³/mol.